The quantitative estimate of drug-likeness (QED) is 0.805. The molecule has 0 aromatic heterocycles. The second-order valence-corrected chi connectivity index (χ2v) is 5.59. The van der Waals surface area contributed by atoms with Gasteiger partial charge in [-0.15, -0.1) is 11.6 Å². The zero-order valence-electron chi connectivity index (χ0n) is 12.1. The zero-order chi connectivity index (χ0) is 15.0. The highest BCUT2D eigenvalue weighted by Crippen LogP contribution is 2.43. The van der Waals surface area contributed by atoms with Crippen molar-refractivity contribution in [3.05, 3.63) is 23.3 Å². The summed E-state index contributed by atoms with van der Waals surface area (Å²) in [7, 11) is 3.23. The molecule has 114 valence electrons. The SMILES string of the molecule is COc1cc2c(cc1OC)[C@H]1[C@H](CCl)COC(=O)N1CC2. The first kappa shape index (κ1) is 14.3. The number of benzene rings is 1. The smallest absolute Gasteiger partial charge is 0.410 e. The van der Waals surface area contributed by atoms with Crippen LogP contribution in [0.1, 0.15) is 17.2 Å². The lowest BCUT2D eigenvalue weighted by atomic mass is 9.84. The summed E-state index contributed by atoms with van der Waals surface area (Å²) in [6, 6.07) is 3.91. The lowest BCUT2D eigenvalue weighted by Gasteiger charge is -2.43. The van der Waals surface area contributed by atoms with Crippen LogP contribution in [0, 0.1) is 5.92 Å². The van der Waals surface area contributed by atoms with Gasteiger partial charge in [-0.25, -0.2) is 4.79 Å². The predicted molar refractivity (Wildman–Crippen MR) is 78.3 cm³/mol. The highest BCUT2D eigenvalue weighted by Gasteiger charge is 2.41. The summed E-state index contributed by atoms with van der Waals surface area (Å²) in [5, 5.41) is 0. The molecule has 0 bridgehead atoms. The summed E-state index contributed by atoms with van der Waals surface area (Å²) < 4.78 is 16.0. The molecule has 0 aliphatic carbocycles. The van der Waals surface area contributed by atoms with Crippen LogP contribution in [0.2, 0.25) is 0 Å². The van der Waals surface area contributed by atoms with E-state index in [1.807, 2.05) is 12.1 Å². The molecule has 5 nitrogen and oxygen atoms in total. The molecule has 21 heavy (non-hydrogen) atoms. The van der Waals surface area contributed by atoms with Crippen LogP contribution in [0.25, 0.3) is 0 Å². The maximum absolute atomic E-state index is 12.0. The number of amides is 1. The van der Waals surface area contributed by atoms with Gasteiger partial charge in [0.15, 0.2) is 11.5 Å². The van der Waals surface area contributed by atoms with Crippen LogP contribution in [0.3, 0.4) is 0 Å². The van der Waals surface area contributed by atoms with Crippen molar-refractivity contribution in [2.45, 2.75) is 12.5 Å². The Bertz CT molecular complexity index is 563. The normalized spacial score (nSPS) is 24.0. The van der Waals surface area contributed by atoms with Crippen LogP contribution < -0.4 is 9.47 Å². The van der Waals surface area contributed by atoms with E-state index in [4.69, 9.17) is 25.8 Å². The largest absolute Gasteiger partial charge is 0.493 e. The standard InChI is InChI=1S/C15H18ClNO4/c1-19-12-5-9-3-4-17-14(11(9)6-13(12)20-2)10(7-16)8-21-15(17)18/h5-6,10,14H,3-4,7-8H2,1-2H3/t10-,14-/m1/s1. The zero-order valence-corrected chi connectivity index (χ0v) is 12.9. The summed E-state index contributed by atoms with van der Waals surface area (Å²) in [6.45, 7) is 0.997. The molecule has 1 saturated heterocycles. The van der Waals surface area contributed by atoms with E-state index in [2.05, 4.69) is 0 Å². The minimum absolute atomic E-state index is 0.0488. The van der Waals surface area contributed by atoms with Gasteiger partial charge in [-0.3, -0.25) is 0 Å². The van der Waals surface area contributed by atoms with Crippen molar-refractivity contribution >= 4 is 17.7 Å². The number of fused-ring (bicyclic) bond motifs is 3. The molecule has 6 heteroatoms. The average Bonchev–Trinajstić information content (AvgIpc) is 2.53. The summed E-state index contributed by atoms with van der Waals surface area (Å²) >= 11 is 6.07. The van der Waals surface area contributed by atoms with Gasteiger partial charge in [0.05, 0.1) is 26.9 Å². The molecule has 2 atom stereocenters. The molecule has 2 heterocycles. The summed E-state index contributed by atoms with van der Waals surface area (Å²) in [6.07, 6.45) is 0.512. The van der Waals surface area contributed by atoms with Gasteiger partial charge < -0.3 is 19.1 Å². The van der Waals surface area contributed by atoms with Crippen molar-refractivity contribution in [1.29, 1.82) is 0 Å². The summed E-state index contributed by atoms with van der Waals surface area (Å²) in [5.41, 5.74) is 2.26. The number of carbonyl (C=O) groups excluding carboxylic acids is 1. The van der Waals surface area contributed by atoms with Gasteiger partial charge in [0, 0.05) is 18.3 Å². The number of hydrogen-bond acceptors (Lipinski definition) is 4. The Hall–Kier alpha value is -1.62. The van der Waals surface area contributed by atoms with Crippen LogP contribution in [-0.2, 0) is 11.2 Å². The van der Waals surface area contributed by atoms with Gasteiger partial charge in [-0.1, -0.05) is 0 Å². The number of hydrogen-bond donors (Lipinski definition) is 0. The average molecular weight is 312 g/mol. The summed E-state index contributed by atoms with van der Waals surface area (Å²) in [4.78, 5) is 13.8. The number of cyclic esters (lactones) is 1. The first-order chi connectivity index (χ1) is 10.2. The maximum Gasteiger partial charge on any atom is 0.410 e. The van der Waals surface area contributed by atoms with E-state index in [1.165, 1.54) is 5.56 Å². The van der Waals surface area contributed by atoms with E-state index in [0.29, 0.717) is 30.5 Å². The number of methoxy groups -OCH3 is 2. The van der Waals surface area contributed by atoms with E-state index in [-0.39, 0.29) is 18.1 Å². The van der Waals surface area contributed by atoms with Gasteiger partial charge in [-0.05, 0) is 29.7 Å². The van der Waals surface area contributed by atoms with Gasteiger partial charge in [0.1, 0.15) is 0 Å². The highest BCUT2D eigenvalue weighted by atomic mass is 35.5. The second kappa shape index (κ2) is 5.64. The van der Waals surface area contributed by atoms with Crippen LogP contribution in [0.4, 0.5) is 4.79 Å². The Labute approximate surface area is 128 Å². The van der Waals surface area contributed by atoms with Gasteiger partial charge in [0.2, 0.25) is 0 Å². The van der Waals surface area contributed by atoms with Crippen molar-refractivity contribution in [2.75, 3.05) is 33.3 Å². The number of halogens is 1. The molecule has 1 aromatic rings. The number of carbonyl (C=O) groups is 1. The Morgan fingerprint density at radius 1 is 1.33 bits per heavy atom. The van der Waals surface area contributed by atoms with Crippen LogP contribution in [-0.4, -0.2) is 44.2 Å². The van der Waals surface area contributed by atoms with E-state index in [1.54, 1.807) is 19.1 Å². The lowest BCUT2D eigenvalue weighted by molar-refractivity contribution is 0.00933. The van der Waals surface area contributed by atoms with Gasteiger partial charge in [0.25, 0.3) is 0 Å². The molecule has 1 aromatic carbocycles. The molecule has 1 fully saturated rings. The maximum atomic E-state index is 12.0. The predicted octanol–water partition coefficient (Wildman–Crippen LogP) is 2.61. The third-order valence-corrected chi connectivity index (χ3v) is 4.62. The number of rotatable bonds is 3. The topological polar surface area (TPSA) is 48.0 Å². The van der Waals surface area contributed by atoms with E-state index >= 15 is 0 Å². The fourth-order valence-electron chi connectivity index (χ4n) is 3.17. The first-order valence-electron chi connectivity index (χ1n) is 6.93. The Balaban J connectivity index is 2.08. The lowest BCUT2D eigenvalue weighted by Crippen LogP contribution is -2.49. The second-order valence-electron chi connectivity index (χ2n) is 5.29. The van der Waals surface area contributed by atoms with E-state index < -0.39 is 0 Å². The molecule has 0 spiro atoms. The Morgan fingerprint density at radius 2 is 2.05 bits per heavy atom. The fourth-order valence-corrected chi connectivity index (χ4v) is 3.43. The third-order valence-electron chi connectivity index (χ3n) is 4.22. The molecule has 2 aliphatic rings. The number of nitrogens with zero attached hydrogens (tertiary/aromatic N) is 1. The molecule has 2 aliphatic heterocycles. The molecule has 0 saturated carbocycles. The van der Waals surface area contributed by atoms with Crippen molar-refractivity contribution in [1.82, 2.24) is 4.90 Å². The molecule has 3 rings (SSSR count). The minimum Gasteiger partial charge on any atom is -0.493 e. The molecule has 0 unspecified atom stereocenters. The monoisotopic (exact) mass is 311 g/mol. The van der Waals surface area contributed by atoms with Gasteiger partial charge >= 0.3 is 6.09 Å². The van der Waals surface area contributed by atoms with Gasteiger partial charge in [-0.2, -0.15) is 0 Å². The molecule has 1 amide bonds. The van der Waals surface area contributed by atoms with Crippen molar-refractivity contribution < 1.29 is 19.0 Å². The van der Waals surface area contributed by atoms with Crippen LogP contribution in [0.5, 0.6) is 11.5 Å². The van der Waals surface area contributed by atoms with E-state index in [0.717, 1.165) is 12.0 Å². The minimum atomic E-state index is -0.262. The fraction of sp³-hybridized carbons (Fsp3) is 0.533. The summed E-state index contributed by atoms with van der Waals surface area (Å²) in [5.74, 6) is 1.92. The number of alkyl halides is 1. The van der Waals surface area contributed by atoms with Crippen LogP contribution in [0.15, 0.2) is 12.1 Å². The molecular formula is C15H18ClNO4. The first-order valence-corrected chi connectivity index (χ1v) is 7.47. The Kier molecular flexibility index (Phi) is 3.85. The van der Waals surface area contributed by atoms with Crippen molar-refractivity contribution in [2.24, 2.45) is 5.92 Å². The highest BCUT2D eigenvalue weighted by molar-refractivity contribution is 6.18. The van der Waals surface area contributed by atoms with Crippen molar-refractivity contribution in [3.8, 4) is 11.5 Å². The number of ether oxygens (including phenoxy) is 3. The molecule has 0 radical (unpaired) electrons. The third kappa shape index (κ3) is 2.29. The molecular weight excluding hydrogens is 294 g/mol. The Morgan fingerprint density at radius 3 is 2.71 bits per heavy atom. The van der Waals surface area contributed by atoms with E-state index in [9.17, 15) is 4.79 Å². The van der Waals surface area contributed by atoms with Crippen molar-refractivity contribution in [3.63, 3.8) is 0 Å². The molecule has 0 N–H and O–H groups in total. The van der Waals surface area contributed by atoms with Crippen LogP contribution >= 0.6 is 11.6 Å².